The van der Waals surface area contributed by atoms with Crippen molar-refractivity contribution in [3.63, 3.8) is 0 Å². The summed E-state index contributed by atoms with van der Waals surface area (Å²) in [6.45, 7) is 3.56. The minimum atomic E-state index is 0.367. The molecule has 3 rings (SSSR count). The molecule has 104 valence electrons. The van der Waals surface area contributed by atoms with Gasteiger partial charge in [-0.15, -0.1) is 0 Å². The van der Waals surface area contributed by atoms with Crippen LogP contribution in [0.2, 0.25) is 0 Å². The Morgan fingerprint density at radius 3 is 2.33 bits per heavy atom. The molecule has 18 heavy (non-hydrogen) atoms. The van der Waals surface area contributed by atoms with Gasteiger partial charge < -0.3 is 5.73 Å². The second kappa shape index (κ2) is 5.34. The first-order valence-electron chi connectivity index (χ1n) is 7.82. The fraction of sp³-hybridized carbons (Fsp3) is 1.00. The third-order valence-electron chi connectivity index (χ3n) is 5.83. The third-order valence-corrected chi connectivity index (χ3v) is 6.81. The van der Waals surface area contributed by atoms with Crippen molar-refractivity contribution in [1.29, 1.82) is 0 Å². The first-order chi connectivity index (χ1) is 8.79. The van der Waals surface area contributed by atoms with E-state index in [2.05, 4.69) is 16.7 Å². The molecule has 2 heterocycles. The highest BCUT2D eigenvalue weighted by Gasteiger charge is 2.46. The Morgan fingerprint density at radius 2 is 1.67 bits per heavy atom. The van der Waals surface area contributed by atoms with Gasteiger partial charge in [-0.2, -0.15) is 11.8 Å². The van der Waals surface area contributed by atoms with Crippen molar-refractivity contribution in [3.8, 4) is 0 Å². The topological polar surface area (TPSA) is 29.3 Å². The van der Waals surface area contributed by atoms with Crippen molar-refractivity contribution in [3.05, 3.63) is 0 Å². The fourth-order valence-corrected chi connectivity index (χ4v) is 5.70. The largest absolute Gasteiger partial charge is 0.329 e. The van der Waals surface area contributed by atoms with Crippen molar-refractivity contribution in [2.75, 3.05) is 31.1 Å². The van der Waals surface area contributed by atoms with Crippen LogP contribution >= 0.6 is 11.8 Å². The maximum absolute atomic E-state index is 6.19. The molecule has 0 aromatic rings. The van der Waals surface area contributed by atoms with E-state index >= 15 is 0 Å². The fourth-order valence-electron chi connectivity index (χ4n) is 4.45. The van der Waals surface area contributed by atoms with Crippen LogP contribution in [0.3, 0.4) is 0 Å². The molecule has 1 saturated carbocycles. The lowest BCUT2D eigenvalue weighted by Crippen LogP contribution is -2.55. The number of rotatable bonds is 2. The molecule has 3 aliphatic rings. The zero-order chi connectivity index (χ0) is 12.5. The lowest BCUT2D eigenvalue weighted by molar-refractivity contribution is 0.0857. The summed E-state index contributed by atoms with van der Waals surface area (Å²) in [6, 6.07) is 0. The molecule has 2 N–H and O–H groups in total. The molecule has 0 radical (unpaired) electrons. The summed E-state index contributed by atoms with van der Waals surface area (Å²) in [4.78, 5) is 2.80. The first-order valence-corrected chi connectivity index (χ1v) is 8.97. The van der Waals surface area contributed by atoms with Crippen LogP contribution in [0.25, 0.3) is 0 Å². The predicted octanol–water partition coefficient (Wildman–Crippen LogP) is 2.87. The Labute approximate surface area is 116 Å². The quantitative estimate of drug-likeness (QED) is 0.835. The average molecular weight is 268 g/mol. The van der Waals surface area contributed by atoms with Crippen LogP contribution in [-0.2, 0) is 0 Å². The Kier molecular flexibility index (Phi) is 3.93. The lowest BCUT2D eigenvalue weighted by atomic mass is 9.73. The van der Waals surface area contributed by atoms with Crippen LogP contribution in [0.15, 0.2) is 0 Å². The summed E-state index contributed by atoms with van der Waals surface area (Å²) in [7, 11) is 0. The molecule has 3 heteroatoms. The van der Waals surface area contributed by atoms with Gasteiger partial charge in [0.2, 0.25) is 0 Å². The molecule has 0 bridgehead atoms. The highest BCUT2D eigenvalue weighted by molar-refractivity contribution is 7.99. The minimum Gasteiger partial charge on any atom is -0.329 e. The normalized spacial score (nSPS) is 31.8. The summed E-state index contributed by atoms with van der Waals surface area (Å²) in [6.07, 6.45) is 11.5. The minimum absolute atomic E-state index is 0.367. The van der Waals surface area contributed by atoms with Gasteiger partial charge in [0.05, 0.1) is 0 Å². The molecule has 3 fully saturated rings. The second-order valence-electron chi connectivity index (χ2n) is 6.77. The zero-order valence-electron chi connectivity index (χ0n) is 11.6. The molecule has 1 spiro atoms. The van der Waals surface area contributed by atoms with Crippen LogP contribution in [0.5, 0.6) is 0 Å². The summed E-state index contributed by atoms with van der Waals surface area (Å²) in [5.74, 6) is 2.64. The van der Waals surface area contributed by atoms with E-state index in [1.54, 1.807) is 0 Å². The van der Waals surface area contributed by atoms with Crippen LogP contribution < -0.4 is 5.73 Å². The summed E-state index contributed by atoms with van der Waals surface area (Å²) < 4.78 is 0. The van der Waals surface area contributed by atoms with E-state index in [1.807, 2.05) is 0 Å². The van der Waals surface area contributed by atoms with Crippen molar-refractivity contribution in [1.82, 2.24) is 4.90 Å². The zero-order valence-corrected chi connectivity index (χ0v) is 12.4. The molecule has 0 unspecified atom stereocenters. The Balaban J connectivity index is 1.69. The van der Waals surface area contributed by atoms with Gasteiger partial charge in [-0.3, -0.25) is 4.90 Å². The molecule has 2 nitrogen and oxygen atoms in total. The molecule has 0 aromatic heterocycles. The molecular formula is C15H28N2S. The van der Waals surface area contributed by atoms with Gasteiger partial charge in [-0.1, -0.05) is 19.3 Å². The summed E-state index contributed by atoms with van der Waals surface area (Å²) >= 11 is 2.12. The van der Waals surface area contributed by atoms with Gasteiger partial charge in [-0.05, 0) is 55.6 Å². The van der Waals surface area contributed by atoms with E-state index < -0.39 is 0 Å². The van der Waals surface area contributed by atoms with Gasteiger partial charge in [0.1, 0.15) is 0 Å². The Hall–Kier alpha value is 0.270. The van der Waals surface area contributed by atoms with Crippen LogP contribution in [0, 0.1) is 5.41 Å². The maximum Gasteiger partial charge on any atom is 0.0347 e. The molecule has 1 aliphatic carbocycles. The van der Waals surface area contributed by atoms with Crippen LogP contribution in [0.4, 0.5) is 0 Å². The molecular weight excluding hydrogens is 240 g/mol. The second-order valence-corrected chi connectivity index (χ2v) is 8.00. The van der Waals surface area contributed by atoms with Crippen molar-refractivity contribution < 1.29 is 0 Å². The summed E-state index contributed by atoms with van der Waals surface area (Å²) in [5, 5.41) is 0. The van der Waals surface area contributed by atoms with Gasteiger partial charge >= 0.3 is 0 Å². The molecule has 0 atom stereocenters. The third kappa shape index (κ3) is 2.34. The highest BCUT2D eigenvalue weighted by atomic mass is 32.2. The molecule has 0 amide bonds. The van der Waals surface area contributed by atoms with Crippen molar-refractivity contribution in [2.24, 2.45) is 11.1 Å². The number of hydrogen-bond acceptors (Lipinski definition) is 3. The lowest BCUT2D eigenvalue weighted by Gasteiger charge is -2.45. The molecule has 0 aromatic carbocycles. The average Bonchev–Trinajstić information content (AvgIpc) is 2.85. The Morgan fingerprint density at radius 1 is 0.944 bits per heavy atom. The van der Waals surface area contributed by atoms with E-state index in [-0.39, 0.29) is 0 Å². The molecule has 2 aliphatic heterocycles. The van der Waals surface area contributed by atoms with E-state index in [1.165, 1.54) is 76.0 Å². The van der Waals surface area contributed by atoms with Gasteiger partial charge in [0, 0.05) is 18.6 Å². The Bertz CT molecular complexity index is 280. The summed E-state index contributed by atoms with van der Waals surface area (Å²) in [5.41, 5.74) is 7.24. The van der Waals surface area contributed by atoms with Gasteiger partial charge in [0.15, 0.2) is 0 Å². The first kappa shape index (κ1) is 13.3. The SMILES string of the molecule is NCC1(N2CCC3(CCCCC3)C2)CCSCC1. The van der Waals surface area contributed by atoms with Crippen molar-refractivity contribution >= 4 is 11.8 Å². The number of nitrogens with zero attached hydrogens (tertiary/aromatic N) is 1. The van der Waals surface area contributed by atoms with Gasteiger partial charge in [-0.25, -0.2) is 0 Å². The van der Waals surface area contributed by atoms with Crippen LogP contribution in [0.1, 0.15) is 51.4 Å². The van der Waals surface area contributed by atoms with E-state index in [0.29, 0.717) is 11.0 Å². The van der Waals surface area contributed by atoms with E-state index in [0.717, 1.165) is 6.54 Å². The molecule has 2 saturated heterocycles. The van der Waals surface area contributed by atoms with Gasteiger partial charge in [0.25, 0.3) is 0 Å². The standard InChI is InChI=1S/C15H28N2S/c16-12-15(7-10-18-11-8-15)17-9-6-14(13-17)4-2-1-3-5-14/h1-13,16H2. The van der Waals surface area contributed by atoms with Crippen LogP contribution in [-0.4, -0.2) is 41.6 Å². The van der Waals surface area contributed by atoms with E-state index in [9.17, 15) is 0 Å². The monoisotopic (exact) mass is 268 g/mol. The highest BCUT2D eigenvalue weighted by Crippen LogP contribution is 2.47. The predicted molar refractivity (Wildman–Crippen MR) is 80.1 cm³/mol. The van der Waals surface area contributed by atoms with Crippen molar-refractivity contribution in [2.45, 2.75) is 56.9 Å². The number of nitrogens with two attached hydrogens (primary N) is 1. The smallest absolute Gasteiger partial charge is 0.0347 e. The number of likely N-dealkylation sites (tertiary alicyclic amines) is 1. The number of hydrogen-bond donors (Lipinski definition) is 1. The maximum atomic E-state index is 6.19. The number of thioether (sulfide) groups is 1. The van der Waals surface area contributed by atoms with E-state index in [4.69, 9.17) is 5.73 Å².